The van der Waals surface area contributed by atoms with Crippen LogP contribution in [0.4, 0.5) is 5.82 Å². The standard InChI is InChI=1S/C9H11N5O/c1-14-5-4-10-8(9(14)15)11-6-7-2-3-12-13-7/h2-5H,6H2,1H3,(H,10,11)(H,12,13). The summed E-state index contributed by atoms with van der Waals surface area (Å²) in [6, 6.07) is 1.83. The van der Waals surface area contributed by atoms with Crippen LogP contribution in [0.15, 0.2) is 29.5 Å². The first-order valence-electron chi connectivity index (χ1n) is 4.51. The maximum absolute atomic E-state index is 11.5. The van der Waals surface area contributed by atoms with Crippen molar-refractivity contribution in [2.24, 2.45) is 7.05 Å². The van der Waals surface area contributed by atoms with Gasteiger partial charge < -0.3 is 9.88 Å². The van der Waals surface area contributed by atoms with Gasteiger partial charge in [0.25, 0.3) is 5.56 Å². The Bertz CT molecular complexity index is 487. The Morgan fingerprint density at radius 1 is 1.53 bits per heavy atom. The second-order valence-corrected chi connectivity index (χ2v) is 3.13. The quantitative estimate of drug-likeness (QED) is 0.746. The molecular formula is C9H11N5O. The summed E-state index contributed by atoms with van der Waals surface area (Å²) in [7, 11) is 1.69. The third kappa shape index (κ3) is 2.04. The molecule has 15 heavy (non-hydrogen) atoms. The maximum atomic E-state index is 11.5. The molecule has 2 heterocycles. The molecule has 0 saturated carbocycles. The lowest BCUT2D eigenvalue weighted by atomic mass is 10.4. The van der Waals surface area contributed by atoms with E-state index < -0.39 is 0 Å². The third-order valence-electron chi connectivity index (χ3n) is 2.02. The molecule has 6 heteroatoms. The van der Waals surface area contributed by atoms with E-state index in [0.29, 0.717) is 12.4 Å². The van der Waals surface area contributed by atoms with Gasteiger partial charge in [0.15, 0.2) is 5.82 Å². The minimum atomic E-state index is -0.142. The van der Waals surface area contributed by atoms with Crippen molar-refractivity contribution in [3.63, 3.8) is 0 Å². The molecule has 6 nitrogen and oxygen atoms in total. The van der Waals surface area contributed by atoms with E-state index in [1.807, 2.05) is 6.07 Å². The average Bonchev–Trinajstić information content (AvgIpc) is 2.73. The summed E-state index contributed by atoms with van der Waals surface area (Å²) in [6.07, 6.45) is 4.86. The Morgan fingerprint density at radius 2 is 2.40 bits per heavy atom. The van der Waals surface area contributed by atoms with Crippen molar-refractivity contribution in [2.45, 2.75) is 6.54 Å². The van der Waals surface area contributed by atoms with Crippen molar-refractivity contribution in [2.75, 3.05) is 5.32 Å². The fourth-order valence-corrected chi connectivity index (χ4v) is 1.18. The average molecular weight is 205 g/mol. The zero-order valence-corrected chi connectivity index (χ0v) is 8.27. The van der Waals surface area contributed by atoms with E-state index in [1.54, 1.807) is 25.6 Å². The molecule has 2 aromatic heterocycles. The second-order valence-electron chi connectivity index (χ2n) is 3.13. The molecule has 0 aromatic carbocycles. The van der Waals surface area contributed by atoms with E-state index in [0.717, 1.165) is 5.69 Å². The molecule has 78 valence electrons. The van der Waals surface area contributed by atoms with Gasteiger partial charge in [-0.1, -0.05) is 0 Å². The number of rotatable bonds is 3. The summed E-state index contributed by atoms with van der Waals surface area (Å²) in [5.74, 6) is 0.342. The van der Waals surface area contributed by atoms with Crippen LogP contribution in [-0.2, 0) is 13.6 Å². The zero-order chi connectivity index (χ0) is 10.7. The van der Waals surface area contributed by atoms with Crippen LogP contribution in [0.3, 0.4) is 0 Å². The van der Waals surface area contributed by atoms with Crippen molar-refractivity contribution in [3.8, 4) is 0 Å². The van der Waals surface area contributed by atoms with Crippen LogP contribution in [-0.4, -0.2) is 19.7 Å². The van der Waals surface area contributed by atoms with Crippen molar-refractivity contribution >= 4 is 5.82 Å². The first-order valence-corrected chi connectivity index (χ1v) is 4.51. The van der Waals surface area contributed by atoms with Gasteiger partial charge in [0.1, 0.15) is 0 Å². The van der Waals surface area contributed by atoms with Gasteiger partial charge in [0.05, 0.1) is 12.2 Å². The first-order chi connectivity index (χ1) is 7.27. The highest BCUT2D eigenvalue weighted by atomic mass is 16.1. The number of nitrogens with zero attached hydrogens (tertiary/aromatic N) is 3. The molecule has 2 rings (SSSR count). The van der Waals surface area contributed by atoms with Gasteiger partial charge in [-0.25, -0.2) is 4.98 Å². The summed E-state index contributed by atoms with van der Waals surface area (Å²) in [5, 5.41) is 9.54. The van der Waals surface area contributed by atoms with E-state index in [9.17, 15) is 4.79 Å². The number of aryl methyl sites for hydroxylation is 1. The highest BCUT2D eigenvalue weighted by Gasteiger charge is 2.01. The minimum Gasteiger partial charge on any atom is -0.360 e. The Morgan fingerprint density at radius 3 is 3.13 bits per heavy atom. The molecule has 0 spiro atoms. The Balaban J connectivity index is 2.12. The molecule has 0 fully saturated rings. The predicted molar refractivity (Wildman–Crippen MR) is 55.4 cm³/mol. The Labute approximate surface area is 86.0 Å². The Kier molecular flexibility index (Phi) is 2.49. The smallest absolute Gasteiger partial charge is 0.293 e. The topological polar surface area (TPSA) is 75.6 Å². The number of aromatic amines is 1. The number of hydrogen-bond donors (Lipinski definition) is 2. The fourth-order valence-electron chi connectivity index (χ4n) is 1.18. The van der Waals surface area contributed by atoms with Gasteiger partial charge in [-0.05, 0) is 6.07 Å². The lowest BCUT2D eigenvalue weighted by molar-refractivity contribution is 0.837. The summed E-state index contributed by atoms with van der Waals surface area (Å²) in [5.41, 5.74) is 0.764. The Hall–Kier alpha value is -2.11. The summed E-state index contributed by atoms with van der Waals surface area (Å²) in [6.45, 7) is 0.506. The number of aromatic nitrogens is 4. The third-order valence-corrected chi connectivity index (χ3v) is 2.02. The van der Waals surface area contributed by atoms with E-state index >= 15 is 0 Å². The van der Waals surface area contributed by atoms with Crippen LogP contribution in [0, 0.1) is 0 Å². The minimum absolute atomic E-state index is 0.142. The number of nitrogens with one attached hydrogen (secondary N) is 2. The largest absolute Gasteiger partial charge is 0.360 e. The monoisotopic (exact) mass is 205 g/mol. The lowest BCUT2D eigenvalue weighted by Gasteiger charge is -2.03. The molecule has 0 amide bonds. The van der Waals surface area contributed by atoms with E-state index in [4.69, 9.17) is 0 Å². The number of anilines is 1. The summed E-state index contributed by atoms with van der Waals surface area (Å²) < 4.78 is 1.47. The molecular weight excluding hydrogens is 194 g/mol. The highest BCUT2D eigenvalue weighted by molar-refractivity contribution is 5.31. The molecule has 0 bridgehead atoms. The molecule has 0 saturated heterocycles. The molecule has 2 N–H and O–H groups in total. The second kappa shape index (κ2) is 3.95. The molecule has 0 aliphatic heterocycles. The van der Waals surface area contributed by atoms with Crippen LogP contribution in [0.25, 0.3) is 0 Å². The van der Waals surface area contributed by atoms with Crippen LogP contribution >= 0.6 is 0 Å². The van der Waals surface area contributed by atoms with E-state index in [2.05, 4.69) is 20.5 Å². The van der Waals surface area contributed by atoms with Crippen LogP contribution in [0.2, 0.25) is 0 Å². The molecule has 0 unspecified atom stereocenters. The molecule has 0 atom stereocenters. The van der Waals surface area contributed by atoms with E-state index in [-0.39, 0.29) is 5.56 Å². The van der Waals surface area contributed by atoms with Gasteiger partial charge in [-0.15, -0.1) is 0 Å². The van der Waals surface area contributed by atoms with Gasteiger partial charge in [-0.3, -0.25) is 9.89 Å². The van der Waals surface area contributed by atoms with Gasteiger partial charge >= 0.3 is 0 Å². The lowest BCUT2D eigenvalue weighted by Crippen LogP contribution is -2.21. The molecule has 0 aliphatic rings. The van der Waals surface area contributed by atoms with Gasteiger partial charge in [0, 0.05) is 25.6 Å². The summed E-state index contributed by atoms with van der Waals surface area (Å²) in [4.78, 5) is 15.5. The van der Waals surface area contributed by atoms with E-state index in [1.165, 1.54) is 4.57 Å². The highest BCUT2D eigenvalue weighted by Crippen LogP contribution is 1.97. The van der Waals surface area contributed by atoms with Crippen molar-refractivity contribution in [3.05, 3.63) is 40.7 Å². The number of H-pyrrole nitrogens is 1. The first kappa shape index (κ1) is 9.45. The normalized spacial score (nSPS) is 10.2. The zero-order valence-electron chi connectivity index (χ0n) is 8.27. The van der Waals surface area contributed by atoms with Gasteiger partial charge in [-0.2, -0.15) is 5.10 Å². The van der Waals surface area contributed by atoms with Crippen molar-refractivity contribution in [1.29, 1.82) is 0 Å². The van der Waals surface area contributed by atoms with Crippen LogP contribution in [0.5, 0.6) is 0 Å². The molecule has 0 aliphatic carbocycles. The van der Waals surface area contributed by atoms with Crippen molar-refractivity contribution in [1.82, 2.24) is 19.7 Å². The maximum Gasteiger partial charge on any atom is 0.293 e. The number of hydrogen-bond acceptors (Lipinski definition) is 4. The SMILES string of the molecule is Cn1ccnc(NCc2ccn[nH]2)c1=O. The molecule has 2 aromatic rings. The van der Waals surface area contributed by atoms with Crippen molar-refractivity contribution < 1.29 is 0 Å². The molecule has 0 radical (unpaired) electrons. The van der Waals surface area contributed by atoms with Crippen LogP contribution in [0.1, 0.15) is 5.69 Å². The van der Waals surface area contributed by atoms with Gasteiger partial charge in [0.2, 0.25) is 0 Å². The fraction of sp³-hybridized carbons (Fsp3) is 0.222. The predicted octanol–water partition coefficient (Wildman–Crippen LogP) is 0.115. The summed E-state index contributed by atoms with van der Waals surface area (Å²) >= 11 is 0. The van der Waals surface area contributed by atoms with Crippen LogP contribution < -0.4 is 10.9 Å².